The number of rotatable bonds is 4. The molecule has 0 unspecified atom stereocenters. The Balaban J connectivity index is 3.22. The molecule has 0 aliphatic heterocycles. The molecule has 0 aromatic carbocycles. The average Bonchev–Trinajstić information content (AvgIpc) is 2.32. The van der Waals surface area contributed by atoms with Crippen molar-refractivity contribution in [2.24, 2.45) is 5.73 Å². The fraction of sp³-hybridized carbons (Fsp3) is 0.400. The molecule has 0 fully saturated rings. The number of carbonyl (C=O) groups excluding carboxylic acids is 1. The second-order valence-electron chi connectivity index (χ2n) is 3.37. The fourth-order valence-corrected chi connectivity index (χ4v) is 2.11. The van der Waals surface area contributed by atoms with Crippen molar-refractivity contribution in [2.45, 2.75) is 19.3 Å². The number of aromatic nitrogens is 1. The molecular weight excluding hydrogens is 380 g/mol. The van der Waals surface area contributed by atoms with Gasteiger partial charge in [0, 0.05) is 15.7 Å². The van der Waals surface area contributed by atoms with Crippen molar-refractivity contribution < 1.29 is 27.4 Å². The maximum absolute atomic E-state index is 12.3. The zero-order valence-corrected chi connectivity index (χ0v) is 11.9. The maximum Gasteiger partial charge on any atom is 0.573 e. The Hall–Kier alpha value is -1.10. The standard InChI is InChI=1S/C10H10F3IN2O3/c1-18-8(17)2-5-7(19-10(11,12)13)4-16-6(3-15)9(5)14/h4H,2-3,15H2,1H3. The van der Waals surface area contributed by atoms with Crippen LogP contribution in [0.4, 0.5) is 13.2 Å². The predicted molar refractivity (Wildman–Crippen MR) is 67.2 cm³/mol. The highest BCUT2D eigenvalue weighted by molar-refractivity contribution is 14.1. The number of ether oxygens (including phenoxy) is 2. The number of nitrogens with zero attached hydrogens (tertiary/aromatic N) is 1. The minimum absolute atomic E-state index is 0.0404. The van der Waals surface area contributed by atoms with Gasteiger partial charge in [0.05, 0.1) is 25.4 Å². The lowest BCUT2D eigenvalue weighted by Crippen LogP contribution is -2.20. The molecular formula is C10H10F3IN2O3. The first-order valence-corrected chi connectivity index (χ1v) is 6.05. The van der Waals surface area contributed by atoms with E-state index in [1.54, 1.807) is 22.6 Å². The van der Waals surface area contributed by atoms with Crippen molar-refractivity contribution in [2.75, 3.05) is 7.11 Å². The van der Waals surface area contributed by atoms with Crippen LogP contribution in [0.5, 0.6) is 5.75 Å². The van der Waals surface area contributed by atoms with E-state index in [4.69, 9.17) is 5.73 Å². The molecule has 1 rings (SSSR count). The van der Waals surface area contributed by atoms with E-state index in [0.717, 1.165) is 13.3 Å². The quantitative estimate of drug-likeness (QED) is 0.627. The van der Waals surface area contributed by atoms with Gasteiger partial charge < -0.3 is 15.2 Å². The summed E-state index contributed by atoms with van der Waals surface area (Å²) in [5.41, 5.74) is 5.85. The van der Waals surface area contributed by atoms with Crippen molar-refractivity contribution in [1.82, 2.24) is 4.98 Å². The molecule has 0 atom stereocenters. The SMILES string of the molecule is COC(=O)Cc1c(OC(F)(F)F)cnc(CN)c1I. The second-order valence-corrected chi connectivity index (χ2v) is 4.45. The number of alkyl halides is 3. The van der Waals surface area contributed by atoms with Crippen LogP contribution >= 0.6 is 22.6 Å². The van der Waals surface area contributed by atoms with Crippen LogP contribution in [0.1, 0.15) is 11.3 Å². The highest BCUT2D eigenvalue weighted by Crippen LogP contribution is 2.30. The Morgan fingerprint density at radius 2 is 2.16 bits per heavy atom. The summed E-state index contributed by atoms with van der Waals surface area (Å²) in [5, 5.41) is 0. The molecule has 0 amide bonds. The van der Waals surface area contributed by atoms with Crippen LogP contribution in [0.3, 0.4) is 0 Å². The van der Waals surface area contributed by atoms with Crippen LogP contribution in [0, 0.1) is 3.57 Å². The van der Waals surface area contributed by atoms with Crippen molar-refractivity contribution in [3.8, 4) is 5.75 Å². The first kappa shape index (κ1) is 16.0. The van der Waals surface area contributed by atoms with Gasteiger partial charge in [-0.1, -0.05) is 0 Å². The third-order valence-electron chi connectivity index (χ3n) is 2.12. The van der Waals surface area contributed by atoms with Crippen molar-refractivity contribution in [1.29, 1.82) is 0 Å². The molecule has 0 aliphatic carbocycles. The van der Waals surface area contributed by atoms with Gasteiger partial charge in [-0.05, 0) is 22.6 Å². The van der Waals surface area contributed by atoms with E-state index in [-0.39, 0.29) is 18.5 Å². The Labute approximate surface area is 120 Å². The summed E-state index contributed by atoms with van der Waals surface area (Å²) in [6.07, 6.45) is -4.31. The maximum atomic E-state index is 12.3. The molecule has 1 aromatic rings. The van der Waals surface area contributed by atoms with Gasteiger partial charge in [-0.3, -0.25) is 9.78 Å². The zero-order chi connectivity index (χ0) is 14.6. The first-order chi connectivity index (χ1) is 8.78. The Bertz CT molecular complexity index is 480. The molecule has 19 heavy (non-hydrogen) atoms. The molecule has 0 aliphatic rings. The Kier molecular flexibility index (Phi) is 5.35. The molecule has 5 nitrogen and oxygen atoms in total. The lowest BCUT2D eigenvalue weighted by Gasteiger charge is -2.15. The molecule has 106 valence electrons. The minimum atomic E-state index is -4.86. The molecule has 1 aromatic heterocycles. The topological polar surface area (TPSA) is 74.4 Å². The molecule has 2 N–H and O–H groups in total. The number of carbonyl (C=O) groups is 1. The Morgan fingerprint density at radius 1 is 1.53 bits per heavy atom. The van der Waals surface area contributed by atoms with E-state index in [1.807, 2.05) is 0 Å². The van der Waals surface area contributed by atoms with Crippen LogP contribution < -0.4 is 10.5 Å². The average molecular weight is 390 g/mol. The third kappa shape index (κ3) is 4.49. The number of nitrogens with two attached hydrogens (primary N) is 1. The molecule has 9 heteroatoms. The smallest absolute Gasteiger partial charge is 0.469 e. The largest absolute Gasteiger partial charge is 0.573 e. The predicted octanol–water partition coefficient (Wildman–Crippen LogP) is 1.76. The highest BCUT2D eigenvalue weighted by atomic mass is 127. The van der Waals surface area contributed by atoms with Crippen LogP contribution in [0.2, 0.25) is 0 Å². The summed E-state index contributed by atoms with van der Waals surface area (Å²) in [6.45, 7) is 0.0404. The number of halogens is 4. The molecule has 0 bridgehead atoms. The van der Waals surface area contributed by atoms with Gasteiger partial charge in [0.25, 0.3) is 0 Å². The van der Waals surface area contributed by atoms with Gasteiger partial charge in [-0.25, -0.2) is 0 Å². The van der Waals surface area contributed by atoms with Crippen LogP contribution in [-0.4, -0.2) is 24.4 Å². The van der Waals surface area contributed by atoms with Crippen molar-refractivity contribution in [3.05, 3.63) is 21.0 Å². The van der Waals surface area contributed by atoms with Gasteiger partial charge in [0.1, 0.15) is 0 Å². The van der Waals surface area contributed by atoms with Crippen molar-refractivity contribution >= 4 is 28.6 Å². The highest BCUT2D eigenvalue weighted by Gasteiger charge is 2.33. The summed E-state index contributed by atoms with van der Waals surface area (Å²) >= 11 is 1.77. The lowest BCUT2D eigenvalue weighted by molar-refractivity contribution is -0.275. The van der Waals surface area contributed by atoms with E-state index in [1.165, 1.54) is 0 Å². The van der Waals surface area contributed by atoms with E-state index in [0.29, 0.717) is 9.26 Å². The zero-order valence-electron chi connectivity index (χ0n) is 9.75. The molecule has 1 heterocycles. The number of pyridine rings is 1. The van der Waals surface area contributed by atoms with Gasteiger partial charge in [0.15, 0.2) is 5.75 Å². The monoisotopic (exact) mass is 390 g/mol. The number of methoxy groups -OCH3 is 1. The summed E-state index contributed by atoms with van der Waals surface area (Å²) in [4.78, 5) is 15.0. The summed E-state index contributed by atoms with van der Waals surface area (Å²) < 4.78 is 45.4. The van der Waals surface area contributed by atoms with Crippen LogP contribution in [0.25, 0.3) is 0 Å². The lowest BCUT2D eigenvalue weighted by atomic mass is 10.1. The van der Waals surface area contributed by atoms with Crippen LogP contribution in [-0.2, 0) is 22.5 Å². The molecule has 0 saturated heterocycles. The van der Waals surface area contributed by atoms with E-state index < -0.39 is 18.1 Å². The Morgan fingerprint density at radius 3 is 2.63 bits per heavy atom. The normalized spacial score (nSPS) is 11.3. The number of hydrogen-bond donors (Lipinski definition) is 1. The van der Waals surface area contributed by atoms with Crippen molar-refractivity contribution in [3.63, 3.8) is 0 Å². The minimum Gasteiger partial charge on any atom is -0.469 e. The second kappa shape index (κ2) is 6.37. The summed E-state index contributed by atoms with van der Waals surface area (Å²) in [7, 11) is 1.14. The molecule has 0 radical (unpaired) electrons. The van der Waals surface area contributed by atoms with E-state index in [9.17, 15) is 18.0 Å². The third-order valence-corrected chi connectivity index (χ3v) is 3.39. The van der Waals surface area contributed by atoms with Gasteiger partial charge >= 0.3 is 12.3 Å². The van der Waals surface area contributed by atoms with E-state index >= 15 is 0 Å². The molecule has 0 saturated carbocycles. The van der Waals surface area contributed by atoms with Crippen LogP contribution in [0.15, 0.2) is 6.20 Å². The molecule has 0 spiro atoms. The number of esters is 1. The van der Waals surface area contributed by atoms with Gasteiger partial charge in [-0.2, -0.15) is 0 Å². The number of hydrogen-bond acceptors (Lipinski definition) is 5. The first-order valence-electron chi connectivity index (χ1n) is 4.97. The van der Waals surface area contributed by atoms with Gasteiger partial charge in [-0.15, -0.1) is 13.2 Å². The van der Waals surface area contributed by atoms with E-state index in [2.05, 4.69) is 14.5 Å². The summed E-state index contributed by atoms with van der Waals surface area (Å²) in [6, 6.07) is 0. The fourth-order valence-electron chi connectivity index (χ4n) is 1.29. The van der Waals surface area contributed by atoms with Gasteiger partial charge in [0.2, 0.25) is 0 Å². The summed E-state index contributed by atoms with van der Waals surface area (Å²) in [5.74, 6) is -1.21.